The summed E-state index contributed by atoms with van der Waals surface area (Å²) in [6, 6.07) is 5.99. The van der Waals surface area contributed by atoms with E-state index in [0.29, 0.717) is 0 Å². The maximum absolute atomic E-state index is 7.43. The number of nitrogen functional groups attached to an aromatic ring is 1. The number of nitrogens with zero attached hydrogens (tertiary/aromatic N) is 1. The Balaban J connectivity index is 2.51. The third kappa shape index (κ3) is 1.31. The summed E-state index contributed by atoms with van der Waals surface area (Å²) in [6.07, 6.45) is 0. The topological polar surface area (TPSA) is 53.1 Å². The van der Waals surface area contributed by atoms with Crippen LogP contribution in [0.2, 0.25) is 0 Å². The molecule has 0 radical (unpaired) electrons. The van der Waals surface area contributed by atoms with E-state index in [1.165, 1.54) is 11.1 Å². The molecule has 3 heteroatoms. The van der Waals surface area contributed by atoms with Gasteiger partial charge in [0.2, 0.25) is 0 Å². The maximum atomic E-state index is 7.43. The quantitative estimate of drug-likeness (QED) is 0.492. The van der Waals surface area contributed by atoms with Crippen molar-refractivity contribution < 1.29 is 0 Å². The minimum atomic E-state index is 0.173. The summed E-state index contributed by atoms with van der Waals surface area (Å²) >= 11 is 0. The molecule has 3 nitrogen and oxygen atoms in total. The first-order valence-electron chi connectivity index (χ1n) is 4.32. The van der Waals surface area contributed by atoms with Gasteiger partial charge in [0.15, 0.2) is 0 Å². The lowest BCUT2D eigenvalue weighted by atomic mass is 10.0. The van der Waals surface area contributed by atoms with Crippen LogP contribution in [0.4, 0.5) is 0 Å². The fourth-order valence-electron chi connectivity index (χ4n) is 1.84. The fourth-order valence-corrected chi connectivity index (χ4v) is 1.84. The van der Waals surface area contributed by atoms with Gasteiger partial charge >= 0.3 is 0 Å². The van der Waals surface area contributed by atoms with Gasteiger partial charge in [-0.1, -0.05) is 18.2 Å². The van der Waals surface area contributed by atoms with Crippen LogP contribution in [0, 0.1) is 5.41 Å². The summed E-state index contributed by atoms with van der Waals surface area (Å²) in [7, 11) is 2.07. The molecule has 0 saturated carbocycles. The standard InChI is InChI=1S/C10H13N3/c1-13-5-7-3-2-4-8(10(11)12)9(7)6-13/h2-4H,5-6H2,1H3,(H3,11,12). The van der Waals surface area contributed by atoms with Crippen molar-refractivity contribution in [1.29, 1.82) is 5.41 Å². The predicted molar refractivity (Wildman–Crippen MR) is 52.6 cm³/mol. The van der Waals surface area contributed by atoms with Gasteiger partial charge in [-0.15, -0.1) is 0 Å². The Labute approximate surface area is 77.7 Å². The number of nitrogens with one attached hydrogen (secondary N) is 1. The molecule has 1 aromatic carbocycles. The average molecular weight is 175 g/mol. The van der Waals surface area contributed by atoms with Gasteiger partial charge in [0.25, 0.3) is 0 Å². The van der Waals surface area contributed by atoms with Crippen molar-refractivity contribution in [2.45, 2.75) is 13.1 Å². The van der Waals surface area contributed by atoms with Gasteiger partial charge in [-0.25, -0.2) is 0 Å². The summed E-state index contributed by atoms with van der Waals surface area (Å²) in [5.41, 5.74) is 8.91. The van der Waals surface area contributed by atoms with E-state index in [0.717, 1.165) is 18.7 Å². The molecule has 3 N–H and O–H groups in total. The van der Waals surface area contributed by atoms with Crippen LogP contribution in [0.15, 0.2) is 18.2 Å². The third-order valence-corrected chi connectivity index (χ3v) is 2.43. The van der Waals surface area contributed by atoms with Gasteiger partial charge in [0, 0.05) is 18.7 Å². The Morgan fingerprint density at radius 2 is 2.23 bits per heavy atom. The molecule has 1 aliphatic rings. The van der Waals surface area contributed by atoms with Crippen molar-refractivity contribution in [3.05, 3.63) is 34.9 Å². The molecule has 2 rings (SSSR count). The maximum Gasteiger partial charge on any atom is 0.123 e. The van der Waals surface area contributed by atoms with Crippen LogP contribution >= 0.6 is 0 Å². The van der Waals surface area contributed by atoms with Crippen LogP contribution in [0.3, 0.4) is 0 Å². The number of hydrogen-bond acceptors (Lipinski definition) is 2. The van der Waals surface area contributed by atoms with Crippen molar-refractivity contribution in [1.82, 2.24) is 4.90 Å². The summed E-state index contributed by atoms with van der Waals surface area (Å²) in [5, 5.41) is 7.43. The van der Waals surface area contributed by atoms with E-state index >= 15 is 0 Å². The Kier molecular flexibility index (Phi) is 1.81. The van der Waals surface area contributed by atoms with E-state index in [4.69, 9.17) is 11.1 Å². The van der Waals surface area contributed by atoms with Gasteiger partial charge < -0.3 is 5.73 Å². The van der Waals surface area contributed by atoms with Gasteiger partial charge in [-0.05, 0) is 18.2 Å². The molecular formula is C10H13N3. The second kappa shape index (κ2) is 2.85. The van der Waals surface area contributed by atoms with Crippen molar-refractivity contribution in [3.63, 3.8) is 0 Å². The number of hydrogen-bond donors (Lipinski definition) is 2. The van der Waals surface area contributed by atoms with Crippen LogP contribution in [0.5, 0.6) is 0 Å². The van der Waals surface area contributed by atoms with Gasteiger partial charge in [-0.2, -0.15) is 0 Å². The molecule has 0 spiro atoms. The first kappa shape index (κ1) is 8.26. The molecule has 0 bridgehead atoms. The number of rotatable bonds is 1. The minimum Gasteiger partial charge on any atom is -0.384 e. The van der Waals surface area contributed by atoms with Crippen molar-refractivity contribution in [2.75, 3.05) is 7.05 Å². The number of nitrogens with two attached hydrogens (primary N) is 1. The zero-order chi connectivity index (χ0) is 9.42. The summed E-state index contributed by atoms with van der Waals surface area (Å²) in [4.78, 5) is 2.22. The summed E-state index contributed by atoms with van der Waals surface area (Å²) in [5.74, 6) is 0.173. The van der Waals surface area contributed by atoms with Crippen LogP contribution in [0.25, 0.3) is 0 Å². The molecule has 0 atom stereocenters. The smallest absolute Gasteiger partial charge is 0.123 e. The number of amidine groups is 1. The highest BCUT2D eigenvalue weighted by molar-refractivity contribution is 5.96. The Morgan fingerprint density at radius 3 is 2.92 bits per heavy atom. The van der Waals surface area contributed by atoms with Crippen LogP contribution in [-0.4, -0.2) is 17.8 Å². The molecule has 0 fully saturated rings. The molecule has 1 aromatic rings. The zero-order valence-electron chi connectivity index (χ0n) is 7.67. The number of benzene rings is 1. The van der Waals surface area contributed by atoms with E-state index < -0.39 is 0 Å². The minimum absolute atomic E-state index is 0.173. The van der Waals surface area contributed by atoms with E-state index in [1.807, 2.05) is 12.1 Å². The third-order valence-electron chi connectivity index (χ3n) is 2.43. The molecule has 68 valence electrons. The second-order valence-electron chi connectivity index (χ2n) is 3.53. The van der Waals surface area contributed by atoms with Crippen LogP contribution in [0.1, 0.15) is 16.7 Å². The van der Waals surface area contributed by atoms with E-state index in [2.05, 4.69) is 18.0 Å². The zero-order valence-corrected chi connectivity index (χ0v) is 7.67. The Hall–Kier alpha value is -1.35. The van der Waals surface area contributed by atoms with Crippen LogP contribution in [-0.2, 0) is 13.1 Å². The molecule has 1 aliphatic heterocycles. The molecule has 0 amide bonds. The molecular weight excluding hydrogens is 162 g/mol. The molecule has 0 aromatic heterocycles. The van der Waals surface area contributed by atoms with Crippen molar-refractivity contribution in [3.8, 4) is 0 Å². The van der Waals surface area contributed by atoms with Crippen molar-refractivity contribution >= 4 is 5.84 Å². The van der Waals surface area contributed by atoms with Crippen LogP contribution < -0.4 is 5.73 Å². The largest absolute Gasteiger partial charge is 0.384 e. The number of fused-ring (bicyclic) bond motifs is 1. The summed E-state index contributed by atoms with van der Waals surface area (Å²) < 4.78 is 0. The molecule has 0 saturated heterocycles. The van der Waals surface area contributed by atoms with E-state index in [9.17, 15) is 0 Å². The van der Waals surface area contributed by atoms with E-state index in [1.54, 1.807) is 0 Å². The molecule has 0 unspecified atom stereocenters. The monoisotopic (exact) mass is 175 g/mol. The van der Waals surface area contributed by atoms with Gasteiger partial charge in [-0.3, -0.25) is 10.3 Å². The highest BCUT2D eigenvalue weighted by Crippen LogP contribution is 2.24. The van der Waals surface area contributed by atoms with E-state index in [-0.39, 0.29) is 5.84 Å². The first-order chi connectivity index (χ1) is 6.18. The lowest BCUT2D eigenvalue weighted by molar-refractivity contribution is 0.353. The molecule has 1 heterocycles. The Bertz CT molecular complexity index is 357. The molecule has 0 aliphatic carbocycles. The summed E-state index contributed by atoms with van der Waals surface area (Å²) in [6.45, 7) is 1.88. The average Bonchev–Trinajstić information content (AvgIpc) is 2.43. The Morgan fingerprint density at radius 1 is 1.46 bits per heavy atom. The second-order valence-corrected chi connectivity index (χ2v) is 3.53. The fraction of sp³-hybridized carbons (Fsp3) is 0.300. The lowest BCUT2D eigenvalue weighted by Crippen LogP contribution is -2.14. The lowest BCUT2D eigenvalue weighted by Gasteiger charge is -2.05. The van der Waals surface area contributed by atoms with Crippen molar-refractivity contribution in [2.24, 2.45) is 5.73 Å². The SMILES string of the molecule is CN1Cc2cccc(C(=N)N)c2C1. The van der Waals surface area contributed by atoms with Gasteiger partial charge in [0.05, 0.1) is 0 Å². The highest BCUT2D eigenvalue weighted by Gasteiger charge is 2.18. The molecule has 13 heavy (non-hydrogen) atoms. The predicted octanol–water partition coefficient (Wildman–Crippen LogP) is 0.916. The van der Waals surface area contributed by atoms with Gasteiger partial charge in [0.1, 0.15) is 5.84 Å². The highest BCUT2D eigenvalue weighted by atomic mass is 15.1. The normalized spacial score (nSPS) is 15.8. The first-order valence-corrected chi connectivity index (χ1v) is 4.32.